The first-order valence-corrected chi connectivity index (χ1v) is 7.86. The molecule has 0 aromatic heterocycles. The van der Waals surface area contributed by atoms with E-state index in [1.54, 1.807) is 24.4 Å². The monoisotopic (exact) mass is 333 g/mol. The molecule has 2 atom stereocenters. The maximum absolute atomic E-state index is 12.3. The maximum atomic E-state index is 12.3. The van der Waals surface area contributed by atoms with Crippen LogP contribution in [0.3, 0.4) is 0 Å². The number of benzene rings is 1. The molecule has 23 heavy (non-hydrogen) atoms. The smallest absolute Gasteiger partial charge is 0.267 e. The summed E-state index contributed by atoms with van der Waals surface area (Å²) in [5.74, 6) is -0.440. The number of hydrogen-bond donors (Lipinski definition) is 1. The van der Waals surface area contributed by atoms with E-state index in [0.29, 0.717) is 23.8 Å². The van der Waals surface area contributed by atoms with Gasteiger partial charge in [0.05, 0.1) is 12.2 Å². The van der Waals surface area contributed by atoms with E-state index in [9.17, 15) is 10.1 Å². The highest BCUT2D eigenvalue weighted by atomic mass is 35.5. The lowest BCUT2D eigenvalue weighted by molar-refractivity contribution is -0.112. The van der Waals surface area contributed by atoms with Gasteiger partial charge in [-0.1, -0.05) is 17.7 Å². The van der Waals surface area contributed by atoms with Crippen molar-refractivity contribution in [1.82, 2.24) is 4.90 Å². The number of nitriles is 1. The number of ether oxygens (including phenoxy) is 1. The van der Waals surface area contributed by atoms with Crippen LogP contribution in [0.5, 0.6) is 0 Å². The Morgan fingerprint density at radius 3 is 2.70 bits per heavy atom. The lowest BCUT2D eigenvalue weighted by Gasteiger charge is -2.34. The molecule has 1 aromatic carbocycles. The first-order valence-electron chi connectivity index (χ1n) is 7.48. The number of amides is 1. The number of anilines is 1. The highest BCUT2D eigenvalue weighted by Crippen LogP contribution is 2.23. The summed E-state index contributed by atoms with van der Waals surface area (Å²) in [7, 11) is 0. The zero-order valence-corrected chi connectivity index (χ0v) is 14.2. The van der Waals surface area contributed by atoms with Crippen molar-refractivity contribution in [2.75, 3.05) is 18.4 Å². The van der Waals surface area contributed by atoms with E-state index in [2.05, 4.69) is 5.32 Å². The summed E-state index contributed by atoms with van der Waals surface area (Å²) >= 11 is 6.05. The predicted molar refractivity (Wildman–Crippen MR) is 90.1 cm³/mol. The molecule has 1 aliphatic rings. The van der Waals surface area contributed by atoms with Crippen LogP contribution in [0, 0.1) is 18.3 Å². The van der Waals surface area contributed by atoms with E-state index in [1.807, 2.05) is 31.7 Å². The topological polar surface area (TPSA) is 65.4 Å². The fourth-order valence-electron chi connectivity index (χ4n) is 2.58. The van der Waals surface area contributed by atoms with Crippen molar-refractivity contribution in [3.8, 4) is 6.07 Å². The fourth-order valence-corrected chi connectivity index (χ4v) is 2.75. The summed E-state index contributed by atoms with van der Waals surface area (Å²) in [6.07, 6.45) is 1.73. The van der Waals surface area contributed by atoms with Crippen LogP contribution in [0.25, 0.3) is 0 Å². The Balaban J connectivity index is 2.14. The molecule has 6 heteroatoms. The second kappa shape index (κ2) is 7.49. The van der Waals surface area contributed by atoms with Crippen molar-refractivity contribution in [3.63, 3.8) is 0 Å². The Kier molecular flexibility index (Phi) is 5.64. The lowest BCUT2D eigenvalue weighted by atomic mass is 10.2. The van der Waals surface area contributed by atoms with Crippen LogP contribution in [0.2, 0.25) is 5.02 Å². The van der Waals surface area contributed by atoms with Gasteiger partial charge in [-0.25, -0.2) is 0 Å². The van der Waals surface area contributed by atoms with Crippen molar-refractivity contribution in [3.05, 3.63) is 40.6 Å². The van der Waals surface area contributed by atoms with Crippen molar-refractivity contribution in [1.29, 1.82) is 5.26 Å². The van der Waals surface area contributed by atoms with Crippen molar-refractivity contribution >= 4 is 23.2 Å². The first kappa shape index (κ1) is 17.3. The number of rotatable bonds is 3. The van der Waals surface area contributed by atoms with Gasteiger partial charge in [-0.3, -0.25) is 4.79 Å². The molecule has 122 valence electrons. The molecule has 5 nitrogen and oxygen atoms in total. The molecule has 1 heterocycles. The Bertz CT molecular complexity index is 656. The van der Waals surface area contributed by atoms with Crippen molar-refractivity contribution < 1.29 is 9.53 Å². The molecular formula is C17H20ClN3O2. The molecule has 1 fully saturated rings. The molecule has 1 aliphatic heterocycles. The number of hydrogen-bond acceptors (Lipinski definition) is 4. The Morgan fingerprint density at radius 2 is 2.09 bits per heavy atom. The van der Waals surface area contributed by atoms with Gasteiger partial charge in [0.15, 0.2) is 0 Å². The van der Waals surface area contributed by atoms with E-state index in [1.165, 1.54) is 0 Å². The molecule has 1 amide bonds. The molecule has 2 rings (SSSR count). The molecule has 1 saturated heterocycles. The maximum Gasteiger partial charge on any atom is 0.267 e. The number of halogens is 1. The largest absolute Gasteiger partial charge is 0.372 e. The van der Waals surface area contributed by atoms with Crippen LogP contribution in [0.15, 0.2) is 30.0 Å². The van der Waals surface area contributed by atoms with Gasteiger partial charge in [-0.2, -0.15) is 5.26 Å². The van der Waals surface area contributed by atoms with Gasteiger partial charge in [0.25, 0.3) is 5.91 Å². The number of nitrogens with one attached hydrogen (secondary N) is 1. The van der Waals surface area contributed by atoms with Gasteiger partial charge >= 0.3 is 0 Å². The summed E-state index contributed by atoms with van der Waals surface area (Å²) in [5.41, 5.74) is 1.44. The molecule has 0 bridgehead atoms. The standard InChI is InChI=1S/C17H20ClN3O2/c1-11-8-21(9-12(2)23-11)10-14(7-19)17(22)20-16-6-4-5-15(18)13(16)3/h4-6,10-12H,8-9H2,1-3H3,(H,20,22)/b14-10-. The third-order valence-corrected chi connectivity index (χ3v) is 4.05. The number of nitrogens with zero attached hydrogens (tertiary/aromatic N) is 2. The number of carbonyl (C=O) groups is 1. The van der Waals surface area contributed by atoms with Gasteiger partial charge in [-0.15, -0.1) is 0 Å². The Morgan fingerprint density at radius 1 is 1.43 bits per heavy atom. The summed E-state index contributed by atoms with van der Waals surface area (Å²) in [6.45, 7) is 7.06. The van der Waals surface area contributed by atoms with E-state index >= 15 is 0 Å². The van der Waals surface area contributed by atoms with E-state index in [0.717, 1.165) is 5.56 Å². The second-order valence-corrected chi connectivity index (χ2v) is 6.14. The average Bonchev–Trinajstić information content (AvgIpc) is 2.48. The van der Waals surface area contributed by atoms with E-state index in [4.69, 9.17) is 16.3 Å². The molecular weight excluding hydrogens is 314 g/mol. The molecule has 1 aromatic rings. The molecule has 2 unspecified atom stereocenters. The third-order valence-electron chi connectivity index (χ3n) is 3.64. The van der Waals surface area contributed by atoms with E-state index in [-0.39, 0.29) is 17.8 Å². The molecule has 0 spiro atoms. The van der Waals surface area contributed by atoms with Crippen molar-refractivity contribution in [2.45, 2.75) is 33.0 Å². The second-order valence-electron chi connectivity index (χ2n) is 5.73. The van der Waals surface area contributed by atoms with Gasteiger partial charge in [0.1, 0.15) is 11.6 Å². The summed E-state index contributed by atoms with van der Waals surface area (Å²) in [5, 5.41) is 12.6. The number of morpholine rings is 1. The minimum Gasteiger partial charge on any atom is -0.372 e. The molecule has 0 aliphatic carbocycles. The summed E-state index contributed by atoms with van der Waals surface area (Å²) in [6, 6.07) is 7.23. The van der Waals surface area contributed by atoms with Crippen LogP contribution in [-0.4, -0.2) is 36.1 Å². The minimum absolute atomic E-state index is 0.0608. The first-order chi connectivity index (χ1) is 10.9. The van der Waals surface area contributed by atoms with Crippen LogP contribution in [0.4, 0.5) is 5.69 Å². The zero-order chi connectivity index (χ0) is 17.0. The van der Waals surface area contributed by atoms with E-state index < -0.39 is 5.91 Å². The third kappa shape index (κ3) is 4.47. The van der Waals surface area contributed by atoms with Gasteiger partial charge in [0.2, 0.25) is 0 Å². The lowest BCUT2D eigenvalue weighted by Crippen LogP contribution is -2.43. The van der Waals surface area contributed by atoms with Gasteiger partial charge < -0.3 is 15.0 Å². The fraction of sp³-hybridized carbons (Fsp3) is 0.412. The molecule has 1 N–H and O–H groups in total. The van der Waals surface area contributed by atoms with Gasteiger partial charge in [0, 0.05) is 30.0 Å². The van der Waals surface area contributed by atoms with Crippen LogP contribution in [-0.2, 0) is 9.53 Å². The van der Waals surface area contributed by atoms with Crippen LogP contribution < -0.4 is 5.32 Å². The van der Waals surface area contributed by atoms with Crippen molar-refractivity contribution in [2.24, 2.45) is 0 Å². The quantitative estimate of drug-likeness (QED) is 0.682. The van der Waals surface area contributed by atoms with Crippen LogP contribution >= 0.6 is 11.6 Å². The molecule has 0 radical (unpaired) electrons. The highest BCUT2D eigenvalue weighted by molar-refractivity contribution is 6.31. The zero-order valence-electron chi connectivity index (χ0n) is 13.5. The summed E-state index contributed by atoms with van der Waals surface area (Å²) < 4.78 is 5.65. The Labute approximate surface area is 141 Å². The number of carbonyl (C=O) groups excluding carboxylic acids is 1. The Hall–Kier alpha value is -2.03. The normalized spacial score (nSPS) is 21.7. The minimum atomic E-state index is -0.440. The predicted octanol–water partition coefficient (Wildman–Crippen LogP) is 3.10. The summed E-state index contributed by atoms with van der Waals surface area (Å²) in [4.78, 5) is 14.3. The average molecular weight is 334 g/mol. The SMILES string of the molecule is Cc1c(Cl)cccc1NC(=O)/C(C#N)=C\N1CC(C)OC(C)C1. The van der Waals surface area contributed by atoms with Gasteiger partial charge in [-0.05, 0) is 38.5 Å². The molecule has 0 saturated carbocycles. The van der Waals surface area contributed by atoms with Crippen LogP contribution in [0.1, 0.15) is 19.4 Å². The highest BCUT2D eigenvalue weighted by Gasteiger charge is 2.22.